The summed E-state index contributed by atoms with van der Waals surface area (Å²) in [5.41, 5.74) is 4.20. The minimum atomic E-state index is 0. The Kier molecular flexibility index (Phi) is 3.23. The molecule has 2 aliphatic heterocycles. The lowest BCUT2D eigenvalue weighted by molar-refractivity contribution is -0.491. The van der Waals surface area contributed by atoms with Gasteiger partial charge in [0.25, 0.3) is 0 Å². The van der Waals surface area contributed by atoms with Crippen LogP contribution in [0.4, 0.5) is 5.82 Å². The predicted molar refractivity (Wildman–Crippen MR) is 106 cm³/mol. The first-order valence-corrected chi connectivity index (χ1v) is 9.36. The van der Waals surface area contributed by atoms with E-state index in [1.165, 1.54) is 0 Å². The Hall–Kier alpha value is -3.57. The van der Waals surface area contributed by atoms with E-state index >= 15 is 0 Å². The number of rotatable bonds is 0. The normalized spacial score (nSPS) is 13.0. The zero-order chi connectivity index (χ0) is 18.2. The molecule has 0 radical (unpaired) electrons. The summed E-state index contributed by atoms with van der Waals surface area (Å²) in [6.45, 7) is 0.789. The van der Waals surface area contributed by atoms with E-state index in [-0.39, 0.29) is 12.4 Å². The van der Waals surface area contributed by atoms with E-state index in [0.29, 0.717) is 0 Å². The maximum atomic E-state index is 4.94. The minimum Gasteiger partial charge on any atom is -1.00 e. The molecular weight excluding hydrogens is 382 g/mol. The lowest BCUT2D eigenvalue weighted by Gasteiger charge is -2.12. The smallest absolute Gasteiger partial charge is 0.338 e. The molecule has 7 rings (SSSR count). The fourth-order valence-corrected chi connectivity index (χ4v) is 4.36. The number of pyridine rings is 2. The zero-order valence-corrected chi connectivity index (χ0v) is 16.0. The molecule has 0 N–H and O–H groups in total. The average Bonchev–Trinajstić information content (AvgIpc) is 3.31. The molecule has 29 heavy (non-hydrogen) atoms. The number of nitrogens with zero attached hydrogens (tertiary/aromatic N) is 5. The lowest BCUT2D eigenvalue weighted by Crippen LogP contribution is -3.00. The number of fused-ring (bicyclic) bond motifs is 9. The molecule has 6 heteroatoms. The number of halogens is 1. The summed E-state index contributed by atoms with van der Waals surface area (Å²) in [6, 6.07) is 20.8. The fraction of sp³-hybridized carbons (Fsp3) is 0.0435. The summed E-state index contributed by atoms with van der Waals surface area (Å²) >= 11 is 0. The van der Waals surface area contributed by atoms with Gasteiger partial charge in [0.2, 0.25) is 5.36 Å². The number of imidazole rings is 1. The Morgan fingerprint density at radius 3 is 2.72 bits per heavy atom. The highest BCUT2D eigenvalue weighted by Crippen LogP contribution is 2.29. The molecule has 0 saturated heterocycles. The first kappa shape index (κ1) is 16.4. The van der Waals surface area contributed by atoms with Crippen molar-refractivity contribution in [3.63, 3.8) is 0 Å². The molecule has 0 atom stereocenters. The topological polar surface area (TPSA) is 49.0 Å². The predicted octanol–water partition coefficient (Wildman–Crippen LogP) is -0.599. The van der Waals surface area contributed by atoms with Crippen LogP contribution in [-0.2, 0) is 6.54 Å². The largest absolute Gasteiger partial charge is 1.00 e. The summed E-state index contributed by atoms with van der Waals surface area (Å²) in [4.78, 5) is 14.7. The Bertz CT molecular complexity index is 1700. The monoisotopic (exact) mass is 395 g/mol. The molecule has 138 valence electrons. The second kappa shape index (κ2) is 5.72. The van der Waals surface area contributed by atoms with Crippen LogP contribution in [0.5, 0.6) is 0 Å². The van der Waals surface area contributed by atoms with Gasteiger partial charge in [0.1, 0.15) is 5.82 Å². The third-order valence-electron chi connectivity index (χ3n) is 5.66. The Balaban J connectivity index is 0.00000165. The van der Waals surface area contributed by atoms with Crippen LogP contribution in [0.25, 0.3) is 39.4 Å². The molecule has 0 fully saturated rings. The van der Waals surface area contributed by atoms with Gasteiger partial charge in [-0.3, -0.25) is 0 Å². The standard InChI is InChI=1S/C23H14N5.ClH/c1-3-7-20-18(5-1)25-22-14-13-15-17(24-16(14)9-11-27(20)22)10-12-28-21-8-4-2-6-19(21)26-23(15)28;/h1-11,13H,12H2;1H/q+1;/p-1. The second-order valence-corrected chi connectivity index (χ2v) is 7.20. The molecular formula is C23H14ClN5. The first-order chi connectivity index (χ1) is 13.9. The lowest BCUT2D eigenvalue weighted by atomic mass is 10.1. The SMILES string of the molecule is C1=c2nc3cc[n+]4c(c3cc2-c2nc3ccccc3n2C1)N=c1ccccc1=4.[Cl-]. The molecule has 0 aliphatic carbocycles. The molecule has 3 aromatic heterocycles. The minimum absolute atomic E-state index is 0. The van der Waals surface area contributed by atoms with Gasteiger partial charge in [-0.2, -0.15) is 4.24 Å². The maximum absolute atomic E-state index is 4.94. The van der Waals surface area contributed by atoms with Crippen molar-refractivity contribution in [1.82, 2.24) is 14.5 Å². The molecule has 5 aromatic rings. The fourth-order valence-electron chi connectivity index (χ4n) is 4.36. The van der Waals surface area contributed by atoms with Crippen molar-refractivity contribution in [3.05, 3.63) is 82.9 Å². The van der Waals surface area contributed by atoms with Crippen molar-refractivity contribution < 1.29 is 16.6 Å². The van der Waals surface area contributed by atoms with Gasteiger partial charge in [-0.1, -0.05) is 24.3 Å². The van der Waals surface area contributed by atoms with Gasteiger partial charge in [-0.25, -0.2) is 9.97 Å². The second-order valence-electron chi connectivity index (χ2n) is 7.20. The summed E-state index contributed by atoms with van der Waals surface area (Å²) in [7, 11) is 0. The Morgan fingerprint density at radius 1 is 0.897 bits per heavy atom. The number of para-hydroxylation sites is 4. The molecule has 0 saturated carbocycles. The maximum Gasteiger partial charge on any atom is 0.338 e. The van der Waals surface area contributed by atoms with Gasteiger partial charge in [-0.05, 0) is 41.4 Å². The summed E-state index contributed by atoms with van der Waals surface area (Å²) in [5, 5.41) is 4.14. The van der Waals surface area contributed by atoms with Crippen LogP contribution in [0.3, 0.4) is 0 Å². The molecule has 2 aromatic carbocycles. The van der Waals surface area contributed by atoms with Crippen LogP contribution >= 0.6 is 0 Å². The van der Waals surface area contributed by atoms with Crippen molar-refractivity contribution in [2.75, 3.05) is 0 Å². The zero-order valence-electron chi connectivity index (χ0n) is 15.2. The van der Waals surface area contributed by atoms with Gasteiger partial charge in [0, 0.05) is 18.2 Å². The van der Waals surface area contributed by atoms with Crippen LogP contribution < -0.4 is 27.4 Å². The van der Waals surface area contributed by atoms with E-state index in [9.17, 15) is 0 Å². The first-order valence-electron chi connectivity index (χ1n) is 9.36. The van der Waals surface area contributed by atoms with E-state index in [1.807, 2.05) is 24.3 Å². The average molecular weight is 396 g/mol. The number of hydrogen-bond donors (Lipinski definition) is 0. The van der Waals surface area contributed by atoms with Crippen molar-refractivity contribution in [2.24, 2.45) is 4.99 Å². The molecule has 0 unspecified atom stereocenters. The van der Waals surface area contributed by atoms with Crippen LogP contribution in [0.1, 0.15) is 0 Å². The van der Waals surface area contributed by atoms with E-state index in [0.717, 1.165) is 61.8 Å². The third kappa shape index (κ3) is 2.10. The van der Waals surface area contributed by atoms with Crippen LogP contribution in [-0.4, -0.2) is 14.5 Å². The van der Waals surface area contributed by atoms with Gasteiger partial charge in [-0.15, -0.1) is 0 Å². The third-order valence-corrected chi connectivity index (χ3v) is 5.66. The van der Waals surface area contributed by atoms with Gasteiger partial charge in [0.15, 0.2) is 5.36 Å². The molecule has 5 nitrogen and oxygen atoms in total. The number of aromatic nitrogens is 4. The molecule has 0 spiro atoms. The summed E-state index contributed by atoms with van der Waals surface area (Å²) < 4.78 is 4.40. The van der Waals surface area contributed by atoms with Gasteiger partial charge < -0.3 is 17.0 Å². The summed E-state index contributed by atoms with van der Waals surface area (Å²) in [5.74, 6) is 1.91. The van der Waals surface area contributed by atoms with E-state index in [1.54, 1.807) is 0 Å². The molecule has 5 heterocycles. The number of benzene rings is 2. The molecule has 0 bridgehead atoms. The van der Waals surface area contributed by atoms with Crippen molar-refractivity contribution in [2.45, 2.75) is 6.54 Å². The Labute approximate surface area is 171 Å². The molecule has 2 aliphatic rings. The van der Waals surface area contributed by atoms with Gasteiger partial charge >= 0.3 is 5.82 Å². The van der Waals surface area contributed by atoms with Crippen LogP contribution in [0, 0.1) is 5.36 Å². The van der Waals surface area contributed by atoms with E-state index in [2.05, 4.69) is 57.5 Å². The van der Waals surface area contributed by atoms with Crippen molar-refractivity contribution >= 4 is 33.8 Å². The van der Waals surface area contributed by atoms with Crippen LogP contribution in [0.2, 0.25) is 0 Å². The highest BCUT2D eigenvalue weighted by molar-refractivity contribution is 5.91. The van der Waals surface area contributed by atoms with Crippen molar-refractivity contribution in [3.8, 4) is 11.4 Å². The van der Waals surface area contributed by atoms with Crippen molar-refractivity contribution in [1.29, 1.82) is 0 Å². The van der Waals surface area contributed by atoms with Gasteiger partial charge in [0.05, 0.1) is 33.5 Å². The number of hydrogen-bond acceptors (Lipinski definition) is 3. The summed E-state index contributed by atoms with van der Waals surface area (Å²) in [6.07, 6.45) is 4.24. The van der Waals surface area contributed by atoms with E-state index in [4.69, 9.17) is 15.0 Å². The Morgan fingerprint density at radius 2 is 1.76 bits per heavy atom. The quantitative estimate of drug-likeness (QED) is 0.323. The highest BCUT2D eigenvalue weighted by atomic mass is 35.5. The highest BCUT2D eigenvalue weighted by Gasteiger charge is 2.22. The van der Waals surface area contributed by atoms with E-state index < -0.39 is 0 Å². The molecule has 0 amide bonds. The van der Waals surface area contributed by atoms with Crippen LogP contribution in [0.15, 0.2) is 71.9 Å².